The molecule has 1 aliphatic rings. The van der Waals surface area contributed by atoms with Crippen LogP contribution in [-0.4, -0.2) is 27.7 Å². The number of hydrogen-bond donors (Lipinski definition) is 3. The van der Waals surface area contributed by atoms with Crippen LogP contribution in [-0.2, 0) is 5.60 Å². The van der Waals surface area contributed by atoms with Gasteiger partial charge in [0, 0.05) is 10.8 Å². The van der Waals surface area contributed by atoms with Gasteiger partial charge in [-0.3, -0.25) is 0 Å². The molecule has 6 nitrogen and oxygen atoms in total. The summed E-state index contributed by atoms with van der Waals surface area (Å²) in [6, 6.07) is 3.32. The highest BCUT2D eigenvalue weighted by atomic mass is 32.1. The van der Waals surface area contributed by atoms with Crippen molar-refractivity contribution in [2.45, 2.75) is 31.3 Å². The minimum Gasteiger partial charge on any atom is -0.383 e. The zero-order chi connectivity index (χ0) is 15.6. The molecule has 3 N–H and O–H groups in total. The van der Waals surface area contributed by atoms with Gasteiger partial charge in [-0.05, 0) is 31.2 Å². The van der Waals surface area contributed by atoms with Gasteiger partial charge in [0.25, 0.3) is 0 Å². The Bertz CT molecular complexity index is 636. The molecule has 2 heterocycles. The summed E-state index contributed by atoms with van der Waals surface area (Å²) < 4.78 is 0. The lowest BCUT2D eigenvalue weighted by molar-refractivity contribution is 0.0637. The van der Waals surface area contributed by atoms with E-state index in [2.05, 4.69) is 20.6 Å². The summed E-state index contributed by atoms with van der Waals surface area (Å²) in [5, 5.41) is 17.6. The maximum atomic E-state index is 11.9. The molecule has 3 rings (SSSR count). The van der Waals surface area contributed by atoms with E-state index in [4.69, 9.17) is 0 Å². The van der Waals surface area contributed by atoms with Crippen molar-refractivity contribution in [1.29, 1.82) is 0 Å². The third-order valence-corrected chi connectivity index (χ3v) is 4.64. The van der Waals surface area contributed by atoms with E-state index in [0.717, 1.165) is 23.5 Å². The molecule has 116 valence electrons. The Hall–Kier alpha value is -1.99. The number of aliphatic hydroxyl groups is 1. The van der Waals surface area contributed by atoms with Crippen LogP contribution in [0.1, 0.15) is 36.4 Å². The molecule has 2 amide bonds. The average Bonchev–Trinajstić information content (AvgIpc) is 3.19. The lowest BCUT2D eigenvalue weighted by atomic mass is 10.1. The van der Waals surface area contributed by atoms with Crippen LogP contribution in [0.15, 0.2) is 29.9 Å². The van der Waals surface area contributed by atoms with Crippen molar-refractivity contribution in [3.05, 3.63) is 40.6 Å². The van der Waals surface area contributed by atoms with Crippen LogP contribution >= 0.6 is 11.3 Å². The molecule has 0 bridgehead atoms. The van der Waals surface area contributed by atoms with Crippen LogP contribution in [0, 0.1) is 0 Å². The van der Waals surface area contributed by atoms with E-state index < -0.39 is 5.60 Å². The second-order valence-electron chi connectivity index (χ2n) is 5.66. The average molecular weight is 318 g/mol. The number of amides is 2. The van der Waals surface area contributed by atoms with Gasteiger partial charge in [-0.25, -0.2) is 14.8 Å². The first-order valence-corrected chi connectivity index (χ1v) is 8.06. The Labute approximate surface area is 132 Å². The number of hydrogen-bond acceptors (Lipinski definition) is 5. The van der Waals surface area contributed by atoms with Crippen molar-refractivity contribution in [2.75, 3.05) is 11.9 Å². The van der Waals surface area contributed by atoms with Gasteiger partial charge < -0.3 is 15.7 Å². The molecule has 7 heteroatoms. The Kier molecular flexibility index (Phi) is 4.08. The van der Waals surface area contributed by atoms with E-state index in [1.54, 1.807) is 19.3 Å². The van der Waals surface area contributed by atoms with Crippen LogP contribution in [0.4, 0.5) is 10.5 Å². The first kappa shape index (κ1) is 14.9. The van der Waals surface area contributed by atoms with Crippen molar-refractivity contribution in [3.63, 3.8) is 0 Å². The Morgan fingerprint density at radius 3 is 2.77 bits per heavy atom. The van der Waals surface area contributed by atoms with Gasteiger partial charge in [0.15, 0.2) is 0 Å². The molecule has 1 aliphatic carbocycles. The Morgan fingerprint density at radius 1 is 1.45 bits per heavy atom. The van der Waals surface area contributed by atoms with E-state index in [-0.39, 0.29) is 12.6 Å². The van der Waals surface area contributed by atoms with Gasteiger partial charge in [-0.2, -0.15) is 0 Å². The van der Waals surface area contributed by atoms with Gasteiger partial charge in [-0.15, -0.1) is 11.3 Å². The van der Waals surface area contributed by atoms with Crippen molar-refractivity contribution in [3.8, 4) is 0 Å². The molecule has 22 heavy (non-hydrogen) atoms. The third-order valence-electron chi connectivity index (χ3n) is 3.52. The molecular formula is C15H18N4O2S. The normalized spacial score (nSPS) is 16.8. The van der Waals surface area contributed by atoms with E-state index in [1.807, 2.05) is 17.5 Å². The van der Waals surface area contributed by atoms with E-state index >= 15 is 0 Å². The summed E-state index contributed by atoms with van der Waals surface area (Å²) in [4.78, 5) is 21.2. The maximum Gasteiger partial charge on any atom is 0.319 e. The topological polar surface area (TPSA) is 87.1 Å². The molecular weight excluding hydrogens is 300 g/mol. The summed E-state index contributed by atoms with van der Waals surface area (Å²) in [6.07, 6.45) is 5.51. The third kappa shape index (κ3) is 3.61. The maximum absolute atomic E-state index is 11.9. The van der Waals surface area contributed by atoms with Crippen molar-refractivity contribution in [1.82, 2.24) is 15.3 Å². The van der Waals surface area contributed by atoms with Gasteiger partial charge in [0.2, 0.25) is 0 Å². The molecule has 0 aliphatic heterocycles. The number of carbonyl (C=O) groups excluding carboxylic acids is 1. The fourth-order valence-electron chi connectivity index (χ4n) is 2.05. The number of thiophene rings is 1. The predicted molar refractivity (Wildman–Crippen MR) is 84.9 cm³/mol. The highest BCUT2D eigenvalue weighted by Gasteiger charge is 2.26. The van der Waals surface area contributed by atoms with E-state index in [1.165, 1.54) is 11.3 Å². The van der Waals surface area contributed by atoms with Gasteiger partial charge in [0.1, 0.15) is 11.4 Å². The molecule has 1 fully saturated rings. The summed E-state index contributed by atoms with van der Waals surface area (Å²) in [7, 11) is 0. The Morgan fingerprint density at radius 2 is 2.18 bits per heavy atom. The second-order valence-corrected chi connectivity index (χ2v) is 6.61. The SMILES string of the molecule is CC(O)(CNC(=O)Nc1cnc(C2CC2)nc1)c1cccs1. The molecule has 0 saturated heterocycles. The molecule has 1 saturated carbocycles. The lowest BCUT2D eigenvalue weighted by Gasteiger charge is -2.22. The van der Waals surface area contributed by atoms with E-state index in [0.29, 0.717) is 11.6 Å². The number of carbonyl (C=O) groups is 1. The molecule has 0 radical (unpaired) electrons. The number of aromatic nitrogens is 2. The van der Waals surface area contributed by atoms with Gasteiger partial charge in [-0.1, -0.05) is 6.07 Å². The van der Waals surface area contributed by atoms with E-state index in [9.17, 15) is 9.90 Å². The number of rotatable bonds is 5. The van der Waals surface area contributed by atoms with Crippen LogP contribution in [0.2, 0.25) is 0 Å². The van der Waals surface area contributed by atoms with Crippen LogP contribution < -0.4 is 10.6 Å². The van der Waals surface area contributed by atoms with Gasteiger partial charge >= 0.3 is 6.03 Å². The monoisotopic (exact) mass is 318 g/mol. The van der Waals surface area contributed by atoms with Crippen LogP contribution in [0.25, 0.3) is 0 Å². The summed E-state index contributed by atoms with van der Waals surface area (Å²) in [5.41, 5.74) is -0.546. The van der Waals surface area contributed by atoms with Crippen LogP contribution in [0.5, 0.6) is 0 Å². The molecule has 1 atom stereocenters. The first-order valence-electron chi connectivity index (χ1n) is 7.18. The minimum absolute atomic E-state index is 0.125. The highest BCUT2D eigenvalue weighted by molar-refractivity contribution is 7.10. The lowest BCUT2D eigenvalue weighted by Crippen LogP contribution is -2.40. The molecule has 0 spiro atoms. The largest absolute Gasteiger partial charge is 0.383 e. The molecule has 1 unspecified atom stereocenters. The van der Waals surface area contributed by atoms with Crippen LogP contribution in [0.3, 0.4) is 0 Å². The number of urea groups is 1. The van der Waals surface area contributed by atoms with Gasteiger partial charge in [0.05, 0.1) is 24.6 Å². The zero-order valence-electron chi connectivity index (χ0n) is 12.2. The first-order chi connectivity index (χ1) is 10.5. The molecule has 2 aromatic rings. The number of nitrogens with one attached hydrogen (secondary N) is 2. The second kappa shape index (κ2) is 6.02. The smallest absolute Gasteiger partial charge is 0.319 e. The summed E-state index contributed by atoms with van der Waals surface area (Å²) in [6.45, 7) is 1.80. The molecule has 0 aromatic carbocycles. The standard InChI is InChI=1S/C15H18N4O2S/c1-15(21,12-3-2-6-22-12)9-18-14(20)19-11-7-16-13(17-8-11)10-4-5-10/h2-3,6-8,10,21H,4-5,9H2,1H3,(H2,18,19,20). The summed E-state index contributed by atoms with van der Waals surface area (Å²) in [5.74, 6) is 1.33. The zero-order valence-corrected chi connectivity index (χ0v) is 13.1. The fraction of sp³-hybridized carbons (Fsp3) is 0.400. The number of anilines is 1. The quantitative estimate of drug-likeness (QED) is 0.790. The highest BCUT2D eigenvalue weighted by Crippen LogP contribution is 2.37. The minimum atomic E-state index is -1.09. The predicted octanol–water partition coefficient (Wildman–Crippen LogP) is 2.44. The van der Waals surface area contributed by atoms with Crippen molar-refractivity contribution >= 4 is 23.1 Å². The van der Waals surface area contributed by atoms with Crippen molar-refractivity contribution < 1.29 is 9.90 Å². The number of nitrogens with zero attached hydrogens (tertiary/aromatic N) is 2. The Balaban J connectivity index is 1.51. The summed E-state index contributed by atoms with van der Waals surface area (Å²) >= 11 is 1.45. The fourth-order valence-corrected chi connectivity index (χ4v) is 2.84. The molecule has 2 aromatic heterocycles. The van der Waals surface area contributed by atoms with Crippen molar-refractivity contribution in [2.24, 2.45) is 0 Å².